The Balaban J connectivity index is 1.61. The van der Waals surface area contributed by atoms with E-state index >= 15 is 0 Å². The van der Waals surface area contributed by atoms with Crippen molar-refractivity contribution >= 4 is 30.5 Å². The second-order valence-corrected chi connectivity index (χ2v) is 9.63. The number of aromatic nitrogens is 4. The first-order valence-corrected chi connectivity index (χ1v) is 12.4. The van der Waals surface area contributed by atoms with Crippen LogP contribution >= 0.6 is 7.60 Å². The van der Waals surface area contributed by atoms with E-state index in [1.807, 2.05) is 0 Å². The highest BCUT2D eigenvalue weighted by atomic mass is 31.2. The van der Waals surface area contributed by atoms with E-state index in [1.165, 1.54) is 17.8 Å². The molecule has 0 amide bonds. The number of aliphatic hydroxyl groups is 2. The molecule has 2 aromatic heterocycles. The predicted octanol–water partition coefficient (Wildman–Crippen LogP) is 0.0564. The van der Waals surface area contributed by atoms with Gasteiger partial charge in [0.2, 0.25) is 0 Å². The molecule has 3 aromatic rings. The van der Waals surface area contributed by atoms with Gasteiger partial charge in [-0.3, -0.25) is 9.13 Å². The van der Waals surface area contributed by atoms with E-state index in [-0.39, 0.29) is 35.0 Å². The quantitative estimate of drug-likeness (QED) is 0.187. The summed E-state index contributed by atoms with van der Waals surface area (Å²) in [6, 6.07) is 2.65. The minimum Gasteiger partial charge on any atom is -0.464 e. The number of halogens is 2. The second-order valence-electron chi connectivity index (χ2n) is 7.99. The van der Waals surface area contributed by atoms with E-state index < -0.39 is 62.2 Å². The monoisotopic (exact) mass is 545 g/mol. The van der Waals surface area contributed by atoms with Crippen molar-refractivity contribution in [1.29, 1.82) is 0 Å². The van der Waals surface area contributed by atoms with Crippen LogP contribution in [0.15, 0.2) is 24.5 Å². The van der Waals surface area contributed by atoms with E-state index in [9.17, 15) is 38.1 Å². The average Bonchev–Trinajstić information content (AvgIpc) is 3.34. The van der Waals surface area contributed by atoms with Crippen molar-refractivity contribution in [2.24, 2.45) is 0 Å². The molecule has 14 nitrogen and oxygen atoms in total. The van der Waals surface area contributed by atoms with E-state index in [0.717, 1.165) is 12.1 Å². The summed E-state index contributed by atoms with van der Waals surface area (Å²) < 4.78 is 55.5. The summed E-state index contributed by atoms with van der Waals surface area (Å²) >= 11 is 0. The third kappa shape index (κ3) is 5.45. The van der Waals surface area contributed by atoms with E-state index in [0.29, 0.717) is 6.07 Å². The van der Waals surface area contributed by atoms with E-state index in [2.05, 4.69) is 19.7 Å². The molecule has 0 bridgehead atoms. The highest BCUT2D eigenvalue weighted by Gasteiger charge is 2.46. The molecule has 0 radical (unpaired) electrons. The number of hydrogen-bond acceptors (Lipinski definition) is 11. The van der Waals surface area contributed by atoms with Gasteiger partial charge in [-0.05, 0) is 19.1 Å². The number of esters is 1. The second kappa shape index (κ2) is 10.3. The molecule has 1 aliphatic rings. The number of imidazole rings is 1. The van der Waals surface area contributed by atoms with Crippen LogP contribution in [0.2, 0.25) is 0 Å². The number of carbonyl (C=O) groups excluding carboxylic acids is 1. The van der Waals surface area contributed by atoms with Crippen molar-refractivity contribution in [3.63, 3.8) is 0 Å². The van der Waals surface area contributed by atoms with Crippen LogP contribution in [0.5, 0.6) is 0 Å². The summed E-state index contributed by atoms with van der Waals surface area (Å²) in [6.45, 7) is 0.563. The van der Waals surface area contributed by atoms with Crippen LogP contribution in [-0.4, -0.2) is 82.9 Å². The molecule has 5 atom stereocenters. The number of nitrogens with two attached hydrogens (primary N) is 1. The minimum absolute atomic E-state index is 0.00962. The Morgan fingerprint density at radius 3 is 2.51 bits per heavy atom. The zero-order valence-electron chi connectivity index (χ0n) is 19.0. The summed E-state index contributed by atoms with van der Waals surface area (Å²) in [4.78, 5) is 43.0. The summed E-state index contributed by atoms with van der Waals surface area (Å²) in [5.41, 5.74) is 5.97. The molecule has 0 saturated carbocycles. The first-order chi connectivity index (χ1) is 17.4. The molecular formula is C20H22F2N5O9P. The van der Waals surface area contributed by atoms with Crippen molar-refractivity contribution in [1.82, 2.24) is 19.5 Å². The maximum absolute atomic E-state index is 13.7. The molecule has 4 rings (SSSR count). The minimum atomic E-state index is -5.09. The fourth-order valence-electron chi connectivity index (χ4n) is 3.74. The number of ether oxygens (including phenoxy) is 3. The normalized spacial score (nSPS) is 22.9. The SMILES string of the molecule is CCOC(=O)[C@@H](OC[C@H]1O[C@@H](n2cnc3c(N)nc(-c4cc(F)cc(F)c4)nc32)[C@H](O)[C@H]1O)P(=O)(O)O. The summed E-state index contributed by atoms with van der Waals surface area (Å²) in [5.74, 6) is -5.62. The van der Waals surface area contributed by atoms with Crippen molar-refractivity contribution in [2.75, 3.05) is 18.9 Å². The Labute approximate surface area is 206 Å². The molecule has 1 saturated heterocycles. The molecule has 6 N–H and O–H groups in total. The van der Waals surface area contributed by atoms with Gasteiger partial charge in [0.25, 0.3) is 5.85 Å². The molecule has 1 aliphatic heterocycles. The van der Waals surface area contributed by atoms with Gasteiger partial charge in [-0.2, -0.15) is 0 Å². The highest BCUT2D eigenvalue weighted by Crippen LogP contribution is 2.43. The Kier molecular flexibility index (Phi) is 7.52. The Hall–Kier alpha value is -3.11. The van der Waals surface area contributed by atoms with Crippen LogP contribution in [0.3, 0.4) is 0 Å². The fourth-order valence-corrected chi connectivity index (χ4v) is 4.36. The lowest BCUT2D eigenvalue weighted by atomic mass is 10.1. The van der Waals surface area contributed by atoms with Crippen molar-refractivity contribution in [3.05, 3.63) is 36.2 Å². The maximum Gasteiger partial charge on any atom is 0.365 e. The third-order valence-corrected chi connectivity index (χ3v) is 6.36. The number of aliphatic hydroxyl groups excluding tert-OH is 2. The van der Waals surface area contributed by atoms with Crippen LogP contribution in [0.25, 0.3) is 22.6 Å². The van der Waals surface area contributed by atoms with Gasteiger partial charge in [-0.15, -0.1) is 0 Å². The van der Waals surface area contributed by atoms with Crippen LogP contribution in [0.4, 0.5) is 14.6 Å². The molecule has 37 heavy (non-hydrogen) atoms. The number of fused-ring (bicyclic) bond motifs is 1. The molecule has 0 spiro atoms. The molecule has 0 aliphatic carbocycles. The Morgan fingerprint density at radius 1 is 1.22 bits per heavy atom. The number of benzene rings is 1. The Bertz CT molecular complexity index is 1350. The molecule has 3 heterocycles. The van der Waals surface area contributed by atoms with Gasteiger partial charge >= 0.3 is 13.6 Å². The summed E-state index contributed by atoms with van der Waals surface area (Å²) in [6.07, 6.45) is -4.77. The van der Waals surface area contributed by atoms with Gasteiger partial charge < -0.3 is 39.9 Å². The number of nitrogen functional groups attached to an aromatic ring is 1. The number of carbonyl (C=O) groups is 1. The lowest BCUT2D eigenvalue weighted by molar-refractivity contribution is -0.155. The number of nitrogens with zero attached hydrogens (tertiary/aromatic N) is 4. The lowest BCUT2D eigenvalue weighted by Crippen LogP contribution is -2.36. The van der Waals surface area contributed by atoms with Crippen LogP contribution in [0.1, 0.15) is 13.2 Å². The lowest BCUT2D eigenvalue weighted by Gasteiger charge is -2.20. The molecular weight excluding hydrogens is 523 g/mol. The number of rotatable bonds is 8. The molecule has 1 fully saturated rings. The third-order valence-electron chi connectivity index (χ3n) is 5.39. The van der Waals surface area contributed by atoms with E-state index in [4.69, 9.17) is 15.2 Å². The van der Waals surface area contributed by atoms with Crippen LogP contribution < -0.4 is 5.73 Å². The van der Waals surface area contributed by atoms with Gasteiger partial charge in [0.1, 0.15) is 35.5 Å². The Morgan fingerprint density at radius 2 is 1.89 bits per heavy atom. The van der Waals surface area contributed by atoms with Crippen LogP contribution in [0, 0.1) is 11.6 Å². The van der Waals surface area contributed by atoms with Crippen molar-refractivity contribution in [3.8, 4) is 11.4 Å². The molecule has 17 heteroatoms. The largest absolute Gasteiger partial charge is 0.464 e. The first kappa shape index (κ1) is 26.9. The topological polar surface area (TPSA) is 212 Å². The van der Waals surface area contributed by atoms with Gasteiger partial charge in [-0.25, -0.2) is 28.5 Å². The van der Waals surface area contributed by atoms with Gasteiger partial charge in [0.15, 0.2) is 23.5 Å². The molecule has 1 aromatic carbocycles. The predicted molar refractivity (Wildman–Crippen MR) is 119 cm³/mol. The molecule has 200 valence electrons. The van der Waals surface area contributed by atoms with Crippen molar-refractivity contribution in [2.45, 2.75) is 37.3 Å². The first-order valence-electron chi connectivity index (χ1n) is 10.7. The maximum atomic E-state index is 13.7. The summed E-state index contributed by atoms with van der Waals surface area (Å²) in [5, 5.41) is 21.1. The number of anilines is 1. The number of hydrogen-bond donors (Lipinski definition) is 5. The highest BCUT2D eigenvalue weighted by molar-refractivity contribution is 7.53. The summed E-state index contributed by atoms with van der Waals surface area (Å²) in [7, 11) is -5.09. The average molecular weight is 545 g/mol. The molecule has 0 unspecified atom stereocenters. The zero-order chi connectivity index (χ0) is 27.1. The van der Waals surface area contributed by atoms with E-state index in [1.54, 1.807) is 0 Å². The van der Waals surface area contributed by atoms with Gasteiger partial charge in [0, 0.05) is 11.6 Å². The fraction of sp³-hybridized carbons (Fsp3) is 0.400. The zero-order valence-corrected chi connectivity index (χ0v) is 19.9. The van der Waals surface area contributed by atoms with Crippen molar-refractivity contribution < 1.29 is 52.4 Å². The van der Waals surface area contributed by atoms with Crippen LogP contribution in [-0.2, 0) is 23.6 Å². The van der Waals surface area contributed by atoms with Gasteiger partial charge in [-0.1, -0.05) is 0 Å². The smallest absolute Gasteiger partial charge is 0.365 e. The standard InChI is InChI=1S/C20H22F2N5O9P/c1-2-34-19(30)20(37(31,32)33)35-6-11-13(28)14(29)18(36-11)27-7-24-12-15(23)25-16(26-17(12)27)8-3-9(21)5-10(22)4-8/h3-5,7,11,13-14,18,20,28-29H,2,6H2,1H3,(H2,23,25,26)(H2,31,32,33)/t11-,13+,14-,18-,20+/m1/s1. The van der Waals surface area contributed by atoms with Gasteiger partial charge in [0.05, 0.1) is 19.5 Å².